The Hall–Kier alpha value is -3.49. The van der Waals surface area contributed by atoms with Crippen LogP contribution in [0.3, 0.4) is 0 Å². The molecule has 0 aromatic rings. The van der Waals surface area contributed by atoms with Crippen molar-refractivity contribution < 1.29 is 29.3 Å². The number of aliphatic hydroxyl groups is 2. The molecule has 0 saturated carbocycles. The molecule has 0 spiro atoms. The monoisotopic (exact) mass is 568 g/mol. The maximum atomic E-state index is 12.6. The number of carbonyl (C=O) groups excluding carboxylic acids is 3. The van der Waals surface area contributed by atoms with Crippen LogP contribution >= 0.6 is 0 Å². The number of nitrogens with one attached hydrogen (secondary N) is 1. The van der Waals surface area contributed by atoms with Crippen molar-refractivity contribution in [3.05, 3.63) is 84.2 Å². The third-order valence-corrected chi connectivity index (χ3v) is 6.55. The maximum Gasteiger partial charge on any atom is 0.330 e. The molecule has 5 N–H and O–H groups in total. The second-order valence-electron chi connectivity index (χ2n) is 10.8. The molecule has 8 heteroatoms. The number of hydrogen-bond acceptors (Lipinski definition) is 6. The number of cyclic esters (lactones) is 1. The van der Waals surface area contributed by atoms with Gasteiger partial charge in [0.15, 0.2) is 0 Å². The predicted octanol–water partition coefficient (Wildman–Crippen LogP) is 4.87. The number of carbonyl (C=O) groups is 3. The van der Waals surface area contributed by atoms with Gasteiger partial charge in [-0.2, -0.15) is 0 Å². The summed E-state index contributed by atoms with van der Waals surface area (Å²) in [7, 11) is 0. The fourth-order valence-electron chi connectivity index (χ4n) is 4.26. The summed E-state index contributed by atoms with van der Waals surface area (Å²) in [6, 6.07) is 0. The molecular weight excluding hydrogens is 520 g/mol. The predicted molar refractivity (Wildman–Crippen MR) is 163 cm³/mol. The Morgan fingerprint density at radius 3 is 2.61 bits per heavy atom. The van der Waals surface area contributed by atoms with Crippen molar-refractivity contribution >= 4 is 17.8 Å². The largest absolute Gasteiger partial charge is 0.458 e. The zero-order valence-corrected chi connectivity index (χ0v) is 24.9. The quantitative estimate of drug-likeness (QED) is 0.196. The Labute approximate surface area is 245 Å². The molecule has 1 heterocycles. The molecule has 1 rings (SSSR count). The first-order valence-electron chi connectivity index (χ1n) is 14.2. The van der Waals surface area contributed by atoms with Gasteiger partial charge in [0, 0.05) is 31.0 Å². The molecule has 41 heavy (non-hydrogen) atoms. The number of primary amides is 1. The van der Waals surface area contributed by atoms with Crippen LogP contribution in [-0.4, -0.2) is 46.3 Å². The summed E-state index contributed by atoms with van der Waals surface area (Å²) in [5, 5.41) is 23.3. The molecular formula is C33H48N2O6. The number of hydrogen-bond donors (Lipinski definition) is 4. The molecule has 0 radical (unpaired) electrons. The molecule has 1 aliphatic rings. The van der Waals surface area contributed by atoms with E-state index in [4.69, 9.17) is 10.5 Å². The smallest absolute Gasteiger partial charge is 0.330 e. The van der Waals surface area contributed by atoms with Crippen molar-refractivity contribution in [3.8, 4) is 0 Å². The molecule has 0 saturated heterocycles. The Morgan fingerprint density at radius 2 is 1.93 bits per heavy atom. The second-order valence-corrected chi connectivity index (χ2v) is 10.8. The van der Waals surface area contributed by atoms with E-state index in [0.29, 0.717) is 38.5 Å². The summed E-state index contributed by atoms with van der Waals surface area (Å²) >= 11 is 0. The summed E-state index contributed by atoms with van der Waals surface area (Å²) in [4.78, 5) is 36.3. The summed E-state index contributed by atoms with van der Waals surface area (Å²) in [6.07, 6.45) is 18.1. The number of amides is 2. The van der Waals surface area contributed by atoms with Crippen molar-refractivity contribution in [3.63, 3.8) is 0 Å². The lowest BCUT2D eigenvalue weighted by molar-refractivity contribution is -0.144. The molecule has 2 amide bonds. The van der Waals surface area contributed by atoms with Crippen LogP contribution in [0.15, 0.2) is 84.2 Å². The molecule has 0 fully saturated rings. The highest BCUT2D eigenvalue weighted by Gasteiger charge is 2.22. The van der Waals surface area contributed by atoms with E-state index in [0.717, 1.165) is 16.7 Å². The van der Waals surface area contributed by atoms with Crippen LogP contribution in [0.1, 0.15) is 72.6 Å². The number of nitrogens with two attached hydrogens (primary N) is 1. The summed E-state index contributed by atoms with van der Waals surface area (Å²) in [5.74, 6) is -2.03. The molecule has 0 bridgehead atoms. The third-order valence-electron chi connectivity index (χ3n) is 6.55. The van der Waals surface area contributed by atoms with Crippen molar-refractivity contribution in [2.24, 2.45) is 17.6 Å². The van der Waals surface area contributed by atoms with Gasteiger partial charge < -0.3 is 26.0 Å². The Morgan fingerprint density at radius 1 is 1.20 bits per heavy atom. The van der Waals surface area contributed by atoms with Gasteiger partial charge in [0.25, 0.3) is 0 Å². The Kier molecular flexibility index (Phi) is 17.0. The van der Waals surface area contributed by atoms with Crippen LogP contribution in [0.2, 0.25) is 0 Å². The fraction of sp³-hybridized carbons (Fsp3) is 0.485. The van der Waals surface area contributed by atoms with Crippen molar-refractivity contribution in [1.82, 2.24) is 5.32 Å². The molecule has 8 nitrogen and oxygen atoms in total. The molecule has 226 valence electrons. The van der Waals surface area contributed by atoms with E-state index in [-0.39, 0.29) is 18.2 Å². The average molecular weight is 569 g/mol. The van der Waals surface area contributed by atoms with Crippen LogP contribution in [-0.2, 0) is 19.1 Å². The van der Waals surface area contributed by atoms with Crippen LogP contribution in [0.5, 0.6) is 0 Å². The molecule has 5 atom stereocenters. The summed E-state index contributed by atoms with van der Waals surface area (Å²) < 4.78 is 5.85. The maximum absolute atomic E-state index is 12.6. The first-order valence-corrected chi connectivity index (χ1v) is 14.2. The van der Waals surface area contributed by atoms with Crippen molar-refractivity contribution in [1.29, 1.82) is 0 Å². The van der Waals surface area contributed by atoms with Gasteiger partial charge in [0.2, 0.25) is 11.8 Å². The minimum absolute atomic E-state index is 0.118. The fourth-order valence-corrected chi connectivity index (χ4v) is 4.26. The van der Waals surface area contributed by atoms with Gasteiger partial charge >= 0.3 is 5.97 Å². The van der Waals surface area contributed by atoms with Gasteiger partial charge in [0.1, 0.15) is 6.10 Å². The van der Waals surface area contributed by atoms with Gasteiger partial charge in [-0.3, -0.25) is 9.59 Å². The van der Waals surface area contributed by atoms with Crippen molar-refractivity contribution in [2.45, 2.75) is 91.0 Å². The van der Waals surface area contributed by atoms with Gasteiger partial charge in [0.05, 0.1) is 18.1 Å². The molecule has 1 aliphatic heterocycles. The van der Waals surface area contributed by atoms with E-state index < -0.39 is 36.1 Å². The minimum Gasteiger partial charge on any atom is -0.458 e. The number of ether oxygens (including phenoxy) is 1. The highest BCUT2D eigenvalue weighted by molar-refractivity contribution is 5.82. The zero-order chi connectivity index (χ0) is 30.8. The molecule has 5 unspecified atom stereocenters. The second kappa shape index (κ2) is 19.6. The Balaban J connectivity index is 3.07. The highest BCUT2D eigenvalue weighted by Crippen LogP contribution is 2.21. The van der Waals surface area contributed by atoms with Crippen LogP contribution < -0.4 is 11.1 Å². The van der Waals surface area contributed by atoms with Crippen LogP contribution in [0, 0.1) is 11.8 Å². The average Bonchev–Trinajstić information content (AvgIpc) is 2.87. The van der Waals surface area contributed by atoms with E-state index >= 15 is 0 Å². The van der Waals surface area contributed by atoms with E-state index in [1.54, 1.807) is 25.3 Å². The summed E-state index contributed by atoms with van der Waals surface area (Å²) in [5.41, 5.74) is 8.20. The molecule has 0 aromatic heterocycles. The van der Waals surface area contributed by atoms with E-state index in [2.05, 4.69) is 11.9 Å². The molecule has 0 aromatic carbocycles. The van der Waals surface area contributed by atoms with E-state index in [9.17, 15) is 24.6 Å². The standard InChI is InChI=1S/C33H48N2O6/c1-23(2)20-31(38)35-19-18-25(4)21-26(5)30-22-24(3)12-8-6-10-14-28(33(34)40)29(37)17-16-27(36)13-9-7-11-15-32(39)41-30/h6,8,11-12,15-19,21,26-30,36-37H,1,7,9-10,13-14,20,22H2,2-5H3,(H2,34,40)(H,35,38). The lowest BCUT2D eigenvalue weighted by atomic mass is 9.94. The Bertz CT molecular complexity index is 1070. The van der Waals surface area contributed by atoms with E-state index in [1.807, 2.05) is 45.1 Å². The SMILES string of the molecule is C=C(C)CC(=O)NC=CC(C)=CC(C)C1CC(C)=CC=CCCC(C(N)=O)C(O)C=CC(O)CCCC=CC(=O)O1. The lowest BCUT2D eigenvalue weighted by Gasteiger charge is -2.22. The van der Waals surface area contributed by atoms with Crippen LogP contribution in [0.4, 0.5) is 0 Å². The first-order chi connectivity index (χ1) is 19.4. The lowest BCUT2D eigenvalue weighted by Crippen LogP contribution is -2.32. The number of rotatable bonds is 7. The highest BCUT2D eigenvalue weighted by atomic mass is 16.5. The minimum atomic E-state index is -1.07. The normalized spacial score (nSPS) is 24.8. The zero-order valence-electron chi connectivity index (χ0n) is 24.9. The van der Waals surface area contributed by atoms with Gasteiger partial charge in [-0.25, -0.2) is 4.79 Å². The molecule has 0 aliphatic carbocycles. The summed E-state index contributed by atoms with van der Waals surface area (Å²) in [6.45, 7) is 11.4. The number of allylic oxidation sites excluding steroid dienone is 6. The van der Waals surface area contributed by atoms with Gasteiger partial charge in [-0.15, -0.1) is 0 Å². The third kappa shape index (κ3) is 16.4. The topological polar surface area (TPSA) is 139 Å². The van der Waals surface area contributed by atoms with Crippen molar-refractivity contribution in [2.75, 3.05) is 0 Å². The van der Waals surface area contributed by atoms with E-state index in [1.165, 1.54) is 18.2 Å². The number of aliphatic hydroxyl groups excluding tert-OH is 2. The first kappa shape index (κ1) is 35.5. The number of esters is 1. The van der Waals surface area contributed by atoms with Crippen LogP contribution in [0.25, 0.3) is 0 Å². The van der Waals surface area contributed by atoms with Gasteiger partial charge in [-0.1, -0.05) is 72.8 Å². The van der Waals surface area contributed by atoms with Gasteiger partial charge in [-0.05, 0) is 59.0 Å².